The maximum Gasteiger partial charge on any atom is 0.213 e. The zero-order valence-corrected chi connectivity index (χ0v) is 40.8. The maximum atomic E-state index is 4.79. The van der Waals surface area contributed by atoms with Crippen LogP contribution < -0.4 is 0 Å². The van der Waals surface area contributed by atoms with E-state index in [0.29, 0.717) is 23.5 Å². The van der Waals surface area contributed by atoms with Crippen molar-refractivity contribution in [2.24, 2.45) is 23.7 Å². The predicted molar refractivity (Wildman–Crippen MR) is 257 cm³/mol. The number of rotatable bonds is 24. The van der Waals surface area contributed by atoms with Crippen molar-refractivity contribution in [3.05, 3.63) is 56.3 Å². The van der Waals surface area contributed by atoms with Crippen molar-refractivity contribution in [1.29, 1.82) is 0 Å². The molecule has 0 aliphatic heterocycles. The van der Waals surface area contributed by atoms with E-state index in [2.05, 4.69) is 105 Å². The number of nitrogens with zero attached hydrogens (tertiary/aromatic N) is 4. The molecule has 0 bridgehead atoms. The molecule has 5 aromatic rings. The van der Waals surface area contributed by atoms with Crippen molar-refractivity contribution in [2.45, 2.75) is 184 Å². The molecule has 0 N–H and O–H groups in total. The highest BCUT2D eigenvalue weighted by molar-refractivity contribution is 7.27. The summed E-state index contributed by atoms with van der Waals surface area (Å²) in [7, 11) is 0. The van der Waals surface area contributed by atoms with Crippen molar-refractivity contribution >= 4 is 45.3 Å². The van der Waals surface area contributed by atoms with Gasteiger partial charge in [0.1, 0.15) is 0 Å². The van der Waals surface area contributed by atoms with Crippen LogP contribution in [0.25, 0.3) is 40.9 Å². The molecule has 6 rings (SSSR count). The fourth-order valence-electron chi connectivity index (χ4n) is 9.58. The molecule has 8 heteroatoms. The van der Waals surface area contributed by atoms with Crippen LogP contribution in [0.3, 0.4) is 0 Å². The summed E-state index contributed by atoms with van der Waals surface area (Å²) < 4.78 is 0. The number of hydrogen-bond acceptors (Lipinski definition) is 8. The molecule has 4 nitrogen and oxygen atoms in total. The predicted octanol–water partition coefficient (Wildman–Crippen LogP) is 17.0. The summed E-state index contributed by atoms with van der Waals surface area (Å²) >= 11 is 7.75. The number of fused-ring (bicyclic) bond motifs is 3. The lowest BCUT2D eigenvalue weighted by molar-refractivity contribution is 0.284. The van der Waals surface area contributed by atoms with Crippen molar-refractivity contribution in [3.8, 4) is 40.9 Å². The quantitative estimate of drug-likeness (QED) is 0.0620. The Kier molecular flexibility index (Phi) is 16.4. The van der Waals surface area contributed by atoms with Gasteiger partial charge in [0.15, 0.2) is 0 Å². The van der Waals surface area contributed by atoms with Gasteiger partial charge in [-0.25, -0.2) is 0 Å². The standard InChI is InChI=1S/C50H72N4S4/c1-11-18-21-35(15-5)25-38-27-43(56-34(38)10)48-51-53-49(54-52-48)44-28-39(26-36(16-6)22-19-12-2)45(58-44)42-29-41-47(57-42)46-40(24-33(9)55-46)50(41,30-32(8)14-4)31-37(17-7)23-20-13-3/h24,27-29,32,35-37H,11-23,25-26,30-31H2,1-10H3. The van der Waals surface area contributed by atoms with Crippen LogP contribution in [-0.4, -0.2) is 20.4 Å². The van der Waals surface area contributed by atoms with E-state index in [1.807, 2.05) is 22.7 Å². The molecular formula is C50H72N4S4. The van der Waals surface area contributed by atoms with Crippen LogP contribution in [0.15, 0.2) is 24.3 Å². The van der Waals surface area contributed by atoms with Gasteiger partial charge in [-0.1, -0.05) is 139 Å². The molecule has 0 aromatic carbocycles. The van der Waals surface area contributed by atoms with E-state index in [4.69, 9.17) is 20.4 Å². The summed E-state index contributed by atoms with van der Waals surface area (Å²) in [5, 5.41) is 19.1. The highest BCUT2D eigenvalue weighted by Crippen LogP contribution is 2.62. The second-order valence-corrected chi connectivity index (χ2v) is 22.4. The summed E-state index contributed by atoms with van der Waals surface area (Å²) in [5.41, 5.74) is 6.22. The van der Waals surface area contributed by atoms with E-state index in [9.17, 15) is 0 Å². The third kappa shape index (κ3) is 10.1. The van der Waals surface area contributed by atoms with Gasteiger partial charge in [0.05, 0.1) is 9.75 Å². The summed E-state index contributed by atoms with van der Waals surface area (Å²) in [4.78, 5) is 10.9. The van der Waals surface area contributed by atoms with Gasteiger partial charge in [0.25, 0.3) is 0 Å². The van der Waals surface area contributed by atoms with E-state index in [0.717, 1.165) is 34.4 Å². The Morgan fingerprint density at radius 2 is 1.02 bits per heavy atom. The van der Waals surface area contributed by atoms with Gasteiger partial charge in [-0.2, -0.15) is 0 Å². The molecule has 1 aliphatic rings. The lowest BCUT2D eigenvalue weighted by Crippen LogP contribution is -2.30. The van der Waals surface area contributed by atoms with Crippen molar-refractivity contribution < 1.29 is 0 Å². The van der Waals surface area contributed by atoms with Crippen LogP contribution in [-0.2, 0) is 18.3 Å². The molecule has 0 saturated heterocycles. The first kappa shape index (κ1) is 45.3. The van der Waals surface area contributed by atoms with Crippen LogP contribution in [0, 0.1) is 37.5 Å². The Morgan fingerprint density at radius 3 is 1.59 bits per heavy atom. The summed E-state index contributed by atoms with van der Waals surface area (Å²) in [6.07, 6.45) is 21.2. The lowest BCUT2D eigenvalue weighted by atomic mass is 9.66. The molecule has 0 saturated carbocycles. The Morgan fingerprint density at radius 1 is 0.517 bits per heavy atom. The van der Waals surface area contributed by atoms with Crippen LogP contribution in [0.4, 0.5) is 0 Å². The van der Waals surface area contributed by atoms with Crippen molar-refractivity contribution in [2.75, 3.05) is 0 Å². The molecule has 5 atom stereocenters. The molecule has 5 heterocycles. The molecule has 58 heavy (non-hydrogen) atoms. The number of aromatic nitrogens is 4. The summed E-state index contributed by atoms with van der Waals surface area (Å²) in [6, 6.07) is 9.94. The van der Waals surface area contributed by atoms with Gasteiger partial charge in [0, 0.05) is 34.7 Å². The van der Waals surface area contributed by atoms with Crippen LogP contribution in [0.5, 0.6) is 0 Å². The minimum Gasteiger partial charge on any atom is -0.139 e. The Balaban J connectivity index is 1.39. The van der Waals surface area contributed by atoms with Crippen molar-refractivity contribution in [3.63, 3.8) is 0 Å². The molecule has 0 amide bonds. The topological polar surface area (TPSA) is 51.6 Å². The normalized spacial score (nSPS) is 17.1. The maximum absolute atomic E-state index is 4.79. The first-order valence-electron chi connectivity index (χ1n) is 23.2. The van der Waals surface area contributed by atoms with Crippen LogP contribution in [0.2, 0.25) is 0 Å². The minimum absolute atomic E-state index is 0.0844. The van der Waals surface area contributed by atoms with E-state index in [-0.39, 0.29) is 5.41 Å². The van der Waals surface area contributed by atoms with Gasteiger partial charge in [0.2, 0.25) is 11.6 Å². The highest BCUT2D eigenvalue weighted by atomic mass is 32.1. The van der Waals surface area contributed by atoms with Gasteiger partial charge in [-0.15, -0.1) is 65.7 Å². The minimum atomic E-state index is 0.0844. The van der Waals surface area contributed by atoms with Crippen molar-refractivity contribution in [1.82, 2.24) is 20.4 Å². The molecule has 0 radical (unpaired) electrons. The fourth-order valence-corrected chi connectivity index (χ4v) is 14.3. The second kappa shape index (κ2) is 21.0. The third-order valence-corrected chi connectivity index (χ3v) is 18.3. The first-order chi connectivity index (χ1) is 28.1. The first-order valence-corrected chi connectivity index (χ1v) is 26.4. The largest absolute Gasteiger partial charge is 0.213 e. The number of aryl methyl sites for hydroxylation is 2. The number of hydrogen-bond donors (Lipinski definition) is 0. The number of unbranched alkanes of at least 4 members (excludes halogenated alkanes) is 3. The third-order valence-electron chi connectivity index (χ3n) is 13.5. The second-order valence-electron chi connectivity index (χ2n) is 17.8. The fraction of sp³-hybridized carbons (Fsp3) is 0.640. The smallest absolute Gasteiger partial charge is 0.139 e. The van der Waals surface area contributed by atoms with Gasteiger partial charge >= 0.3 is 0 Å². The van der Waals surface area contributed by atoms with E-state index in [1.54, 1.807) is 32.2 Å². The van der Waals surface area contributed by atoms with Crippen LogP contribution in [0.1, 0.15) is 184 Å². The average Bonchev–Trinajstić information content (AvgIpc) is 4.06. The zero-order chi connectivity index (χ0) is 41.4. The molecule has 5 aromatic heterocycles. The Labute approximate surface area is 368 Å². The van der Waals surface area contributed by atoms with Gasteiger partial charge in [-0.3, -0.25) is 0 Å². The Bertz CT molecular complexity index is 2030. The van der Waals surface area contributed by atoms with Crippen LogP contribution >= 0.6 is 45.3 Å². The summed E-state index contributed by atoms with van der Waals surface area (Å²) in [5.74, 6) is 4.10. The Hall–Kier alpha value is -2.26. The van der Waals surface area contributed by atoms with E-state index >= 15 is 0 Å². The summed E-state index contributed by atoms with van der Waals surface area (Å²) in [6.45, 7) is 23.5. The van der Waals surface area contributed by atoms with E-state index in [1.165, 1.54) is 127 Å². The molecular weight excluding hydrogens is 785 g/mol. The number of thiophene rings is 4. The molecule has 0 spiro atoms. The average molecular weight is 857 g/mol. The molecule has 5 unspecified atom stereocenters. The lowest BCUT2D eigenvalue weighted by Gasteiger charge is -2.37. The molecule has 0 fully saturated rings. The van der Waals surface area contributed by atoms with E-state index < -0.39 is 0 Å². The molecule has 316 valence electrons. The SMILES string of the molecule is CCCCC(CC)Cc1cc(-c2nnc(-c3cc(CC(CC)CCCC)c(-c4cc5c(s4)-c4sc(C)cc4C5(CC(C)CC)CC(CC)CCCC)s3)nn2)sc1C. The van der Waals surface area contributed by atoms with Gasteiger partial charge < -0.3 is 0 Å². The monoisotopic (exact) mass is 856 g/mol. The molecule has 1 aliphatic carbocycles. The highest BCUT2D eigenvalue weighted by Gasteiger charge is 2.47. The van der Waals surface area contributed by atoms with Gasteiger partial charge in [-0.05, 0) is 110 Å². The zero-order valence-electron chi connectivity index (χ0n) is 37.6.